The van der Waals surface area contributed by atoms with E-state index in [9.17, 15) is 8.42 Å². The van der Waals surface area contributed by atoms with Crippen LogP contribution in [0, 0.1) is 0 Å². The molecule has 7 heteroatoms. The average molecular weight is 315 g/mol. The Morgan fingerprint density at radius 1 is 1.40 bits per heavy atom. The molecular formula is C13H15ClN2O3S. The minimum atomic E-state index is -3.69. The van der Waals surface area contributed by atoms with Crippen LogP contribution in [0.5, 0.6) is 0 Å². The molecule has 0 saturated carbocycles. The third kappa shape index (κ3) is 3.53. The number of benzene rings is 1. The summed E-state index contributed by atoms with van der Waals surface area (Å²) in [5.74, 6) is 0.712. The average Bonchev–Trinajstić information content (AvgIpc) is 2.79. The lowest BCUT2D eigenvalue weighted by atomic mass is 10.2. The Bertz CT molecular complexity index is 684. The van der Waals surface area contributed by atoms with Gasteiger partial charge in [0.25, 0.3) is 0 Å². The molecule has 1 atom stereocenters. The lowest BCUT2D eigenvalue weighted by Crippen LogP contribution is -2.34. The summed E-state index contributed by atoms with van der Waals surface area (Å²) in [6, 6.07) is 7.53. The fourth-order valence-electron chi connectivity index (χ4n) is 1.84. The van der Waals surface area contributed by atoms with Crippen molar-refractivity contribution in [1.29, 1.82) is 0 Å². The standard InChI is InChI=1S/C13H15ClN2O3S/c1-9(7-11-3-2-6-19-11)16-20(17,18)13-5-4-10(15)8-12(13)14/h2-6,8-9,16H,7,15H2,1H3. The topological polar surface area (TPSA) is 85.3 Å². The van der Waals surface area contributed by atoms with E-state index in [4.69, 9.17) is 21.8 Å². The minimum Gasteiger partial charge on any atom is -0.469 e. The molecule has 5 nitrogen and oxygen atoms in total. The van der Waals surface area contributed by atoms with E-state index in [1.807, 2.05) is 0 Å². The van der Waals surface area contributed by atoms with E-state index < -0.39 is 10.0 Å². The highest BCUT2D eigenvalue weighted by molar-refractivity contribution is 7.89. The Labute approximate surface area is 122 Å². The van der Waals surface area contributed by atoms with Gasteiger partial charge in [0.2, 0.25) is 10.0 Å². The molecule has 0 amide bonds. The quantitative estimate of drug-likeness (QED) is 0.830. The van der Waals surface area contributed by atoms with E-state index >= 15 is 0 Å². The molecule has 0 spiro atoms. The van der Waals surface area contributed by atoms with E-state index in [1.54, 1.807) is 25.3 Å². The summed E-state index contributed by atoms with van der Waals surface area (Å²) in [7, 11) is -3.69. The maximum atomic E-state index is 12.2. The molecule has 2 rings (SSSR count). The molecule has 0 fully saturated rings. The molecule has 2 aromatic rings. The largest absolute Gasteiger partial charge is 0.469 e. The van der Waals surface area contributed by atoms with Crippen LogP contribution in [0.2, 0.25) is 5.02 Å². The van der Waals surface area contributed by atoms with Gasteiger partial charge in [-0.1, -0.05) is 11.6 Å². The summed E-state index contributed by atoms with van der Waals surface area (Å²) in [6.07, 6.45) is 2.01. The van der Waals surface area contributed by atoms with Gasteiger partial charge in [0.1, 0.15) is 10.7 Å². The molecular weight excluding hydrogens is 300 g/mol. The molecule has 1 aromatic heterocycles. The zero-order chi connectivity index (χ0) is 14.8. The summed E-state index contributed by atoms with van der Waals surface area (Å²) >= 11 is 5.92. The first-order valence-corrected chi connectivity index (χ1v) is 7.84. The molecule has 1 unspecified atom stereocenters. The van der Waals surface area contributed by atoms with Gasteiger partial charge < -0.3 is 10.2 Å². The highest BCUT2D eigenvalue weighted by atomic mass is 35.5. The van der Waals surface area contributed by atoms with Crippen molar-refractivity contribution in [3.63, 3.8) is 0 Å². The van der Waals surface area contributed by atoms with Gasteiger partial charge >= 0.3 is 0 Å². The number of nitrogens with two attached hydrogens (primary N) is 1. The first-order valence-electron chi connectivity index (χ1n) is 5.98. The van der Waals surface area contributed by atoms with Gasteiger partial charge in [-0.15, -0.1) is 0 Å². The summed E-state index contributed by atoms with van der Waals surface area (Å²) in [5.41, 5.74) is 5.96. The Morgan fingerprint density at radius 3 is 2.75 bits per heavy atom. The monoisotopic (exact) mass is 314 g/mol. The molecule has 0 radical (unpaired) electrons. The number of furan rings is 1. The van der Waals surface area contributed by atoms with Crippen molar-refractivity contribution in [2.75, 3.05) is 5.73 Å². The molecule has 1 heterocycles. The number of rotatable bonds is 5. The number of hydrogen-bond acceptors (Lipinski definition) is 4. The molecule has 3 N–H and O–H groups in total. The zero-order valence-corrected chi connectivity index (χ0v) is 12.4. The SMILES string of the molecule is CC(Cc1ccco1)NS(=O)(=O)c1ccc(N)cc1Cl. The fourth-order valence-corrected chi connectivity index (χ4v) is 3.63. The normalized spacial score (nSPS) is 13.3. The van der Waals surface area contributed by atoms with Gasteiger partial charge in [-0.05, 0) is 37.3 Å². The number of nitrogen functional groups attached to an aromatic ring is 1. The Balaban J connectivity index is 2.14. The summed E-state index contributed by atoms with van der Waals surface area (Å²) < 4.78 is 32.2. The maximum Gasteiger partial charge on any atom is 0.242 e. The van der Waals surface area contributed by atoms with Crippen LogP contribution in [0.25, 0.3) is 0 Å². The van der Waals surface area contributed by atoms with E-state index in [1.165, 1.54) is 18.2 Å². The van der Waals surface area contributed by atoms with Crippen molar-refractivity contribution in [2.45, 2.75) is 24.3 Å². The van der Waals surface area contributed by atoms with Crippen molar-refractivity contribution in [2.24, 2.45) is 0 Å². The lowest BCUT2D eigenvalue weighted by Gasteiger charge is -2.14. The molecule has 0 bridgehead atoms. The Kier molecular flexibility index (Phi) is 4.37. The number of nitrogens with one attached hydrogen (secondary N) is 1. The first kappa shape index (κ1) is 14.9. The fraction of sp³-hybridized carbons (Fsp3) is 0.231. The van der Waals surface area contributed by atoms with Crippen molar-refractivity contribution in [1.82, 2.24) is 4.72 Å². The van der Waals surface area contributed by atoms with Crippen LogP contribution in [-0.4, -0.2) is 14.5 Å². The highest BCUT2D eigenvalue weighted by Gasteiger charge is 2.21. The second kappa shape index (κ2) is 5.87. The van der Waals surface area contributed by atoms with Crippen LogP contribution in [0.15, 0.2) is 45.9 Å². The predicted molar refractivity (Wildman–Crippen MR) is 78.1 cm³/mol. The van der Waals surface area contributed by atoms with Crippen LogP contribution < -0.4 is 10.5 Å². The predicted octanol–water partition coefficient (Wildman–Crippen LogP) is 2.42. The van der Waals surface area contributed by atoms with Crippen molar-refractivity contribution >= 4 is 27.3 Å². The molecule has 108 valence electrons. The third-order valence-corrected chi connectivity index (χ3v) is 4.76. The van der Waals surface area contributed by atoms with E-state index in [0.717, 1.165) is 0 Å². The van der Waals surface area contributed by atoms with Crippen LogP contribution in [0.4, 0.5) is 5.69 Å². The molecule has 0 saturated heterocycles. The minimum absolute atomic E-state index is 0.0136. The Hall–Kier alpha value is -1.50. The first-order chi connectivity index (χ1) is 9.38. The van der Waals surface area contributed by atoms with Crippen molar-refractivity contribution in [3.8, 4) is 0 Å². The van der Waals surface area contributed by atoms with Crippen molar-refractivity contribution in [3.05, 3.63) is 47.4 Å². The smallest absolute Gasteiger partial charge is 0.242 e. The van der Waals surface area contributed by atoms with Gasteiger partial charge in [0.15, 0.2) is 0 Å². The van der Waals surface area contributed by atoms with Gasteiger partial charge in [-0.3, -0.25) is 0 Å². The van der Waals surface area contributed by atoms with E-state index in [2.05, 4.69) is 4.72 Å². The second-order valence-electron chi connectivity index (χ2n) is 4.50. The third-order valence-electron chi connectivity index (χ3n) is 2.69. The lowest BCUT2D eigenvalue weighted by molar-refractivity contribution is 0.479. The molecule has 0 aliphatic carbocycles. The summed E-state index contributed by atoms with van der Waals surface area (Å²) in [4.78, 5) is 0.0136. The maximum absolute atomic E-state index is 12.2. The van der Waals surface area contributed by atoms with Gasteiger partial charge in [-0.2, -0.15) is 0 Å². The summed E-state index contributed by atoms with van der Waals surface area (Å²) in [5, 5.41) is 0.0997. The van der Waals surface area contributed by atoms with Crippen LogP contribution in [-0.2, 0) is 16.4 Å². The van der Waals surface area contributed by atoms with Gasteiger partial charge in [-0.25, -0.2) is 13.1 Å². The van der Waals surface area contributed by atoms with Gasteiger partial charge in [0.05, 0.1) is 11.3 Å². The van der Waals surface area contributed by atoms with Crippen LogP contribution in [0.3, 0.4) is 0 Å². The van der Waals surface area contributed by atoms with Gasteiger partial charge in [0, 0.05) is 18.2 Å². The number of hydrogen-bond donors (Lipinski definition) is 2. The number of sulfonamides is 1. The number of halogens is 1. The zero-order valence-electron chi connectivity index (χ0n) is 10.8. The molecule has 0 aliphatic rings. The second-order valence-corrected chi connectivity index (χ2v) is 6.59. The van der Waals surface area contributed by atoms with E-state index in [-0.39, 0.29) is 16.0 Å². The molecule has 20 heavy (non-hydrogen) atoms. The van der Waals surface area contributed by atoms with Crippen LogP contribution in [0.1, 0.15) is 12.7 Å². The van der Waals surface area contributed by atoms with Crippen LogP contribution >= 0.6 is 11.6 Å². The molecule has 1 aromatic carbocycles. The van der Waals surface area contributed by atoms with Crippen molar-refractivity contribution < 1.29 is 12.8 Å². The Morgan fingerprint density at radius 2 is 2.15 bits per heavy atom. The molecule has 0 aliphatic heterocycles. The number of anilines is 1. The van der Waals surface area contributed by atoms with E-state index in [0.29, 0.717) is 17.9 Å². The summed E-state index contributed by atoms with van der Waals surface area (Å²) in [6.45, 7) is 1.76. The highest BCUT2D eigenvalue weighted by Crippen LogP contribution is 2.23.